The SMILES string of the molecule is C[C@@H]1CCCN(S(=O)(=O)c2ccc(NC(=O)C3CCN(C(=O)N(C)C)CC3)cc2)C1. The van der Waals surface area contributed by atoms with Crippen LogP contribution in [-0.2, 0) is 14.8 Å². The number of benzene rings is 1. The number of urea groups is 1. The van der Waals surface area contributed by atoms with Gasteiger partial charge >= 0.3 is 6.03 Å². The summed E-state index contributed by atoms with van der Waals surface area (Å²) >= 11 is 0. The van der Waals surface area contributed by atoms with Gasteiger partial charge in [0.15, 0.2) is 0 Å². The van der Waals surface area contributed by atoms with Crippen molar-refractivity contribution in [2.24, 2.45) is 11.8 Å². The third-order valence-corrected chi connectivity index (χ3v) is 7.78. The van der Waals surface area contributed by atoms with E-state index < -0.39 is 10.0 Å². The van der Waals surface area contributed by atoms with Crippen LogP contribution in [0, 0.1) is 11.8 Å². The number of carbonyl (C=O) groups is 2. The van der Waals surface area contributed by atoms with Gasteiger partial charge in [-0.2, -0.15) is 4.31 Å². The molecule has 3 amide bonds. The van der Waals surface area contributed by atoms with Crippen LogP contribution in [0.1, 0.15) is 32.6 Å². The second-order valence-electron chi connectivity index (χ2n) is 8.56. The molecule has 2 aliphatic rings. The van der Waals surface area contributed by atoms with E-state index in [-0.39, 0.29) is 22.8 Å². The van der Waals surface area contributed by atoms with Gasteiger partial charge in [0, 0.05) is 51.9 Å². The Morgan fingerprint density at radius 2 is 1.67 bits per heavy atom. The van der Waals surface area contributed by atoms with E-state index in [4.69, 9.17) is 0 Å². The summed E-state index contributed by atoms with van der Waals surface area (Å²) in [6.45, 7) is 4.29. The third kappa shape index (κ3) is 5.13. The van der Waals surface area contributed by atoms with Crippen LogP contribution in [0.4, 0.5) is 10.5 Å². The Balaban J connectivity index is 1.57. The highest BCUT2D eigenvalue weighted by molar-refractivity contribution is 7.89. The Morgan fingerprint density at radius 3 is 2.23 bits per heavy atom. The maximum atomic E-state index is 12.9. The molecular formula is C21H32N4O4S. The average molecular weight is 437 g/mol. The molecule has 0 aromatic heterocycles. The zero-order valence-electron chi connectivity index (χ0n) is 18.0. The van der Waals surface area contributed by atoms with Gasteiger partial charge in [0.1, 0.15) is 0 Å². The molecule has 1 aromatic carbocycles. The third-order valence-electron chi connectivity index (χ3n) is 5.90. The van der Waals surface area contributed by atoms with Crippen LogP contribution in [0.5, 0.6) is 0 Å². The lowest BCUT2D eigenvalue weighted by molar-refractivity contribution is -0.121. The highest BCUT2D eigenvalue weighted by Gasteiger charge is 2.30. The number of rotatable bonds is 4. The molecule has 30 heavy (non-hydrogen) atoms. The van der Waals surface area contributed by atoms with Crippen LogP contribution in [0.15, 0.2) is 29.2 Å². The summed E-state index contributed by atoms with van der Waals surface area (Å²) in [5.74, 6) is 0.119. The van der Waals surface area contributed by atoms with E-state index in [0.29, 0.717) is 50.6 Å². The number of hydrogen-bond acceptors (Lipinski definition) is 4. The number of amides is 3. The largest absolute Gasteiger partial charge is 0.331 e. The Morgan fingerprint density at radius 1 is 1.03 bits per heavy atom. The Labute approximate surface area is 179 Å². The normalized spacial score (nSPS) is 21.3. The molecule has 0 bridgehead atoms. The fraction of sp³-hybridized carbons (Fsp3) is 0.619. The summed E-state index contributed by atoms with van der Waals surface area (Å²) in [6.07, 6.45) is 3.17. The molecule has 0 unspecified atom stereocenters. The van der Waals surface area contributed by atoms with Gasteiger partial charge in [0.25, 0.3) is 0 Å². The van der Waals surface area contributed by atoms with Gasteiger partial charge in [-0.3, -0.25) is 4.79 Å². The highest BCUT2D eigenvalue weighted by atomic mass is 32.2. The number of piperidine rings is 2. The zero-order chi connectivity index (χ0) is 21.9. The molecule has 2 heterocycles. The van der Waals surface area contributed by atoms with Crippen molar-refractivity contribution in [3.8, 4) is 0 Å². The molecule has 1 N–H and O–H groups in total. The van der Waals surface area contributed by atoms with Crippen molar-refractivity contribution >= 4 is 27.6 Å². The molecule has 9 heteroatoms. The minimum absolute atomic E-state index is 0.0336. The molecule has 166 valence electrons. The van der Waals surface area contributed by atoms with Crippen molar-refractivity contribution in [3.05, 3.63) is 24.3 Å². The lowest BCUT2D eigenvalue weighted by atomic mass is 9.96. The van der Waals surface area contributed by atoms with Gasteiger partial charge in [-0.15, -0.1) is 0 Å². The van der Waals surface area contributed by atoms with Crippen molar-refractivity contribution in [2.45, 2.75) is 37.5 Å². The minimum atomic E-state index is -3.50. The Bertz CT molecular complexity index is 861. The quantitative estimate of drug-likeness (QED) is 0.785. The molecule has 0 saturated carbocycles. The summed E-state index contributed by atoms with van der Waals surface area (Å²) in [7, 11) is -0.0646. The number of sulfonamides is 1. The highest BCUT2D eigenvalue weighted by Crippen LogP contribution is 2.25. The average Bonchev–Trinajstić information content (AvgIpc) is 2.73. The number of nitrogens with zero attached hydrogens (tertiary/aromatic N) is 3. The van der Waals surface area contributed by atoms with Crippen molar-refractivity contribution < 1.29 is 18.0 Å². The van der Waals surface area contributed by atoms with Crippen molar-refractivity contribution in [3.63, 3.8) is 0 Å². The first kappa shape index (κ1) is 22.6. The van der Waals surface area contributed by atoms with Crippen LogP contribution in [-0.4, -0.2) is 74.7 Å². The van der Waals surface area contributed by atoms with Crippen molar-refractivity contribution in [2.75, 3.05) is 45.6 Å². The van der Waals surface area contributed by atoms with Gasteiger partial charge < -0.3 is 15.1 Å². The predicted molar refractivity (Wildman–Crippen MR) is 116 cm³/mol. The van der Waals surface area contributed by atoms with Crippen LogP contribution >= 0.6 is 0 Å². The second-order valence-corrected chi connectivity index (χ2v) is 10.5. The monoisotopic (exact) mass is 436 g/mol. The topological polar surface area (TPSA) is 90.0 Å². The van der Waals surface area contributed by atoms with E-state index in [1.807, 2.05) is 0 Å². The van der Waals surface area contributed by atoms with E-state index in [1.54, 1.807) is 52.5 Å². The molecule has 1 atom stereocenters. The van der Waals surface area contributed by atoms with E-state index in [1.165, 1.54) is 0 Å². The molecular weight excluding hydrogens is 404 g/mol. The summed E-state index contributed by atoms with van der Waals surface area (Å²) in [6, 6.07) is 6.37. The van der Waals surface area contributed by atoms with Gasteiger partial charge in [-0.05, 0) is 55.9 Å². The molecule has 2 fully saturated rings. The molecule has 0 aliphatic carbocycles. The van der Waals surface area contributed by atoms with Crippen molar-refractivity contribution in [1.29, 1.82) is 0 Å². The number of anilines is 1. The second kappa shape index (κ2) is 9.34. The molecule has 3 rings (SSSR count). The summed E-state index contributed by atoms with van der Waals surface area (Å²) in [5, 5.41) is 2.88. The number of carbonyl (C=O) groups excluding carboxylic acids is 2. The van der Waals surface area contributed by atoms with Crippen LogP contribution in [0.25, 0.3) is 0 Å². The lowest BCUT2D eigenvalue weighted by Gasteiger charge is -2.33. The zero-order valence-corrected chi connectivity index (χ0v) is 18.8. The predicted octanol–water partition coefficient (Wildman–Crippen LogP) is 2.44. The number of nitrogens with one attached hydrogen (secondary N) is 1. The summed E-state index contributed by atoms with van der Waals surface area (Å²) in [5.41, 5.74) is 0.581. The van der Waals surface area contributed by atoms with E-state index in [0.717, 1.165) is 12.8 Å². The Kier molecular flexibility index (Phi) is 7.02. The molecule has 1 aromatic rings. The van der Waals surface area contributed by atoms with Gasteiger partial charge in [0.2, 0.25) is 15.9 Å². The first-order valence-corrected chi connectivity index (χ1v) is 12.0. The first-order chi connectivity index (χ1) is 14.2. The van der Waals surface area contributed by atoms with Crippen LogP contribution in [0.3, 0.4) is 0 Å². The van der Waals surface area contributed by atoms with Gasteiger partial charge in [-0.25, -0.2) is 13.2 Å². The number of hydrogen-bond donors (Lipinski definition) is 1. The molecule has 2 saturated heterocycles. The van der Waals surface area contributed by atoms with E-state index in [2.05, 4.69) is 12.2 Å². The van der Waals surface area contributed by atoms with Gasteiger partial charge in [-0.1, -0.05) is 6.92 Å². The summed E-state index contributed by atoms with van der Waals surface area (Å²) < 4.78 is 27.3. The van der Waals surface area contributed by atoms with E-state index >= 15 is 0 Å². The fourth-order valence-corrected chi connectivity index (χ4v) is 5.68. The minimum Gasteiger partial charge on any atom is -0.331 e. The lowest BCUT2D eigenvalue weighted by Crippen LogP contribution is -2.45. The molecule has 0 radical (unpaired) electrons. The van der Waals surface area contributed by atoms with E-state index in [9.17, 15) is 18.0 Å². The first-order valence-electron chi connectivity index (χ1n) is 10.6. The molecule has 8 nitrogen and oxygen atoms in total. The standard InChI is InChI=1S/C21H32N4O4S/c1-16-5-4-12-25(15-16)30(28,29)19-8-6-18(7-9-19)22-20(26)17-10-13-24(14-11-17)21(27)23(2)3/h6-9,16-17H,4-5,10-15H2,1-3H3,(H,22,26)/t16-/m1/s1. The fourth-order valence-electron chi connectivity index (χ4n) is 4.08. The smallest absolute Gasteiger partial charge is 0.319 e. The Hall–Kier alpha value is -2.13. The van der Waals surface area contributed by atoms with Gasteiger partial charge in [0.05, 0.1) is 4.90 Å². The number of likely N-dealkylation sites (tertiary alicyclic amines) is 1. The molecule has 0 spiro atoms. The maximum absolute atomic E-state index is 12.9. The van der Waals surface area contributed by atoms with Crippen LogP contribution < -0.4 is 5.32 Å². The maximum Gasteiger partial charge on any atom is 0.319 e. The van der Waals surface area contributed by atoms with Crippen LogP contribution in [0.2, 0.25) is 0 Å². The molecule has 2 aliphatic heterocycles. The van der Waals surface area contributed by atoms with Crippen molar-refractivity contribution in [1.82, 2.24) is 14.1 Å². The summed E-state index contributed by atoms with van der Waals surface area (Å²) in [4.78, 5) is 28.2.